The van der Waals surface area contributed by atoms with Crippen LogP contribution in [0.4, 0.5) is 13.2 Å². The number of rotatable bonds is 5. The molecule has 3 rings (SSSR count). The molecule has 0 unspecified atom stereocenters. The van der Waals surface area contributed by atoms with Crippen LogP contribution in [-0.4, -0.2) is 6.18 Å². The van der Waals surface area contributed by atoms with E-state index in [2.05, 4.69) is 12.6 Å². The number of halogens is 3. The van der Waals surface area contributed by atoms with Crippen LogP contribution in [0, 0.1) is 0 Å². The largest absolute Gasteiger partial charge is 0.417 e. The first-order valence-electron chi connectivity index (χ1n) is 7.77. The predicted molar refractivity (Wildman–Crippen MR) is 81.6 cm³/mol. The lowest BCUT2D eigenvalue weighted by Gasteiger charge is -2.09. The van der Waals surface area contributed by atoms with Gasteiger partial charge in [0, 0.05) is 5.64 Å². The number of fused-ring (bicyclic) bond motifs is 2. The smallest absolute Gasteiger partial charge is 0.370 e. The molecule has 23 heavy (non-hydrogen) atoms. The molecule has 0 amide bonds. The molecule has 1 aromatic carbocycles. The fourth-order valence-corrected chi connectivity index (χ4v) is 2.83. The summed E-state index contributed by atoms with van der Waals surface area (Å²) in [5, 5.41) is 0. The molecule has 0 bridgehead atoms. The van der Waals surface area contributed by atoms with Gasteiger partial charge in [-0.1, -0.05) is 32.3 Å². The van der Waals surface area contributed by atoms with E-state index in [1.54, 1.807) is 6.07 Å². The highest BCUT2D eigenvalue weighted by Gasteiger charge is 2.40. The van der Waals surface area contributed by atoms with Crippen LogP contribution in [0.15, 0.2) is 24.3 Å². The third-order valence-corrected chi connectivity index (χ3v) is 4.02. The molecule has 2 aliphatic rings. The Kier molecular flexibility index (Phi) is 4.35. The monoisotopic (exact) mass is 325 g/mol. The first kappa shape index (κ1) is 15.9. The molecular weight excluding hydrogens is 307 g/mol. The topological polar surface area (TPSA) is 30.5 Å². The zero-order chi connectivity index (χ0) is 16.4. The maximum Gasteiger partial charge on any atom is 0.417 e. The molecule has 0 aromatic heterocycles. The van der Waals surface area contributed by atoms with Crippen molar-refractivity contribution in [3.05, 3.63) is 35.4 Å². The van der Waals surface area contributed by atoms with Gasteiger partial charge in [0.25, 0.3) is 0 Å². The summed E-state index contributed by atoms with van der Waals surface area (Å²) < 4.78 is 39.8. The second-order valence-electron chi connectivity index (χ2n) is 5.70. The SMILES string of the molecule is CCCCCC/C=C1/C=C(C(F)(F)F)c2cc3c(cc21)ONO3. The highest BCUT2D eigenvalue weighted by Crippen LogP contribution is 2.48. The van der Waals surface area contributed by atoms with Crippen LogP contribution in [-0.2, 0) is 0 Å². The molecule has 0 radical (unpaired) electrons. The van der Waals surface area contributed by atoms with Crippen molar-refractivity contribution >= 4 is 11.1 Å². The Balaban J connectivity index is 1.90. The van der Waals surface area contributed by atoms with Crippen molar-refractivity contribution in [3.63, 3.8) is 0 Å². The van der Waals surface area contributed by atoms with Crippen LogP contribution in [0.5, 0.6) is 11.5 Å². The lowest BCUT2D eigenvalue weighted by molar-refractivity contribution is -0.0687. The van der Waals surface area contributed by atoms with Crippen LogP contribution >= 0.6 is 0 Å². The summed E-state index contributed by atoms with van der Waals surface area (Å²) in [4.78, 5) is 10.0. The van der Waals surface area contributed by atoms with E-state index in [4.69, 9.17) is 9.68 Å². The highest BCUT2D eigenvalue weighted by molar-refractivity contribution is 5.98. The van der Waals surface area contributed by atoms with Gasteiger partial charge in [0.2, 0.25) is 0 Å². The number of hydrogen-bond donors (Lipinski definition) is 1. The molecule has 0 atom stereocenters. The van der Waals surface area contributed by atoms with Crippen LogP contribution in [0.2, 0.25) is 0 Å². The Morgan fingerprint density at radius 1 is 1.04 bits per heavy atom. The second-order valence-corrected chi connectivity index (χ2v) is 5.70. The standard InChI is InChI=1S/C17H18F3NO2/c1-2-3-4-5-6-7-11-8-14(17(18,19)20)13-10-16-15(9-12(11)13)22-21-23-16/h7-10,21H,2-6H2,1H3/b11-7-. The molecule has 0 saturated heterocycles. The number of allylic oxidation sites excluding steroid dienone is 4. The fraction of sp³-hybridized carbons (Fsp3) is 0.412. The van der Waals surface area contributed by atoms with Crippen molar-refractivity contribution in [3.8, 4) is 11.5 Å². The summed E-state index contributed by atoms with van der Waals surface area (Å²) >= 11 is 0. The molecular formula is C17H18F3NO2. The van der Waals surface area contributed by atoms with Gasteiger partial charge >= 0.3 is 6.18 Å². The van der Waals surface area contributed by atoms with Crippen molar-refractivity contribution in [2.45, 2.75) is 45.2 Å². The van der Waals surface area contributed by atoms with E-state index >= 15 is 0 Å². The molecule has 3 nitrogen and oxygen atoms in total. The quantitative estimate of drug-likeness (QED) is 0.756. The number of nitrogens with one attached hydrogen (secondary N) is 1. The van der Waals surface area contributed by atoms with Crippen molar-refractivity contribution < 1.29 is 22.8 Å². The third kappa shape index (κ3) is 3.22. The lowest BCUT2D eigenvalue weighted by Crippen LogP contribution is -2.14. The fourth-order valence-electron chi connectivity index (χ4n) is 2.83. The van der Waals surface area contributed by atoms with Gasteiger partial charge in [0.05, 0.1) is 5.57 Å². The van der Waals surface area contributed by atoms with Crippen LogP contribution in [0.25, 0.3) is 11.1 Å². The minimum atomic E-state index is -4.40. The second kappa shape index (κ2) is 6.28. The average Bonchev–Trinajstić information content (AvgIpc) is 3.08. The first-order chi connectivity index (χ1) is 11.0. The minimum absolute atomic E-state index is 0.142. The van der Waals surface area contributed by atoms with E-state index in [0.29, 0.717) is 16.9 Å². The molecule has 1 heterocycles. The van der Waals surface area contributed by atoms with E-state index in [0.717, 1.165) is 32.1 Å². The summed E-state index contributed by atoms with van der Waals surface area (Å²) in [5.74, 6) is 0.667. The molecule has 1 aromatic rings. The first-order valence-corrected chi connectivity index (χ1v) is 7.77. The maximum atomic E-state index is 13.3. The average molecular weight is 325 g/mol. The number of alkyl halides is 3. The van der Waals surface area contributed by atoms with Gasteiger partial charge in [-0.15, -0.1) is 0 Å². The summed E-state index contributed by atoms with van der Waals surface area (Å²) in [6.45, 7) is 2.13. The summed E-state index contributed by atoms with van der Waals surface area (Å²) in [6, 6.07) is 2.97. The van der Waals surface area contributed by atoms with Crippen molar-refractivity contribution in [2.75, 3.05) is 0 Å². The van der Waals surface area contributed by atoms with E-state index in [-0.39, 0.29) is 11.3 Å². The molecule has 0 spiro atoms. The zero-order valence-electron chi connectivity index (χ0n) is 12.8. The zero-order valence-corrected chi connectivity index (χ0v) is 12.8. The maximum absolute atomic E-state index is 13.3. The van der Waals surface area contributed by atoms with Gasteiger partial charge in [0.15, 0.2) is 11.5 Å². The molecule has 124 valence electrons. The highest BCUT2D eigenvalue weighted by atomic mass is 19.4. The van der Waals surface area contributed by atoms with Crippen molar-refractivity contribution in [1.82, 2.24) is 5.64 Å². The Morgan fingerprint density at radius 3 is 2.39 bits per heavy atom. The molecule has 1 N–H and O–H groups in total. The van der Waals surface area contributed by atoms with E-state index in [1.807, 2.05) is 6.08 Å². The van der Waals surface area contributed by atoms with E-state index in [9.17, 15) is 13.2 Å². The predicted octanol–water partition coefficient (Wildman–Crippen LogP) is 5.19. The van der Waals surface area contributed by atoms with Gasteiger partial charge in [-0.25, -0.2) is 0 Å². The minimum Gasteiger partial charge on any atom is -0.370 e. The molecule has 1 aliphatic carbocycles. The molecule has 1 aliphatic heterocycles. The lowest BCUT2D eigenvalue weighted by atomic mass is 10.0. The van der Waals surface area contributed by atoms with Crippen molar-refractivity contribution in [1.29, 1.82) is 0 Å². The van der Waals surface area contributed by atoms with E-state index < -0.39 is 11.7 Å². The third-order valence-electron chi connectivity index (χ3n) is 4.02. The Labute approximate surface area is 132 Å². The normalized spacial score (nSPS) is 17.6. The summed E-state index contributed by atoms with van der Waals surface area (Å²) in [7, 11) is 0. The van der Waals surface area contributed by atoms with Crippen LogP contribution in [0.1, 0.15) is 50.2 Å². The summed E-state index contributed by atoms with van der Waals surface area (Å²) in [5.41, 5.74) is 2.85. The molecule has 0 fully saturated rings. The van der Waals surface area contributed by atoms with Gasteiger partial charge in [-0.2, -0.15) is 13.2 Å². The Hall–Kier alpha value is -1.95. The van der Waals surface area contributed by atoms with E-state index in [1.165, 1.54) is 12.1 Å². The van der Waals surface area contributed by atoms with Crippen LogP contribution < -0.4 is 15.3 Å². The van der Waals surface area contributed by atoms with Gasteiger partial charge in [-0.3, -0.25) is 0 Å². The molecule has 6 heteroatoms. The van der Waals surface area contributed by atoms with Gasteiger partial charge in [0.1, 0.15) is 0 Å². The molecule has 0 saturated carbocycles. The Morgan fingerprint density at radius 2 is 1.74 bits per heavy atom. The number of unbranched alkanes of at least 4 members (excludes halogenated alkanes) is 4. The van der Waals surface area contributed by atoms with Crippen LogP contribution in [0.3, 0.4) is 0 Å². The summed E-state index contributed by atoms with van der Waals surface area (Å²) in [6.07, 6.45) is 3.82. The van der Waals surface area contributed by atoms with Crippen molar-refractivity contribution in [2.24, 2.45) is 0 Å². The number of hydrogen-bond acceptors (Lipinski definition) is 3. The van der Waals surface area contributed by atoms with Gasteiger partial charge < -0.3 is 9.68 Å². The Bertz CT molecular complexity index is 663. The number of benzene rings is 1. The van der Waals surface area contributed by atoms with Gasteiger partial charge in [-0.05, 0) is 47.8 Å².